The smallest absolute Gasteiger partial charge is 0.271 e. The summed E-state index contributed by atoms with van der Waals surface area (Å²) in [4.78, 5) is 23.1. The summed E-state index contributed by atoms with van der Waals surface area (Å²) in [7, 11) is -2.62. The van der Waals surface area contributed by atoms with E-state index in [0.717, 1.165) is 33.3 Å². The third-order valence-electron chi connectivity index (χ3n) is 4.74. The van der Waals surface area contributed by atoms with E-state index in [1.54, 1.807) is 6.92 Å². The van der Waals surface area contributed by atoms with E-state index in [9.17, 15) is 23.3 Å². The lowest BCUT2D eigenvalue weighted by atomic mass is 10.0. The standard InChI is InChI=1S/C20H25N3O6S/c1-13-6-7-16(10-14(13)2)15(3)21-20(24)12-22(30(5,27)28)18-11-17(23(25)26)8-9-19(18)29-4/h6-11,15H,12H2,1-5H3,(H,21,24)/t15-/m1/s1. The molecule has 0 unspecified atom stereocenters. The number of nitro groups is 1. The second-order valence-corrected chi connectivity index (χ2v) is 8.92. The summed E-state index contributed by atoms with van der Waals surface area (Å²) in [5.41, 5.74) is 2.68. The van der Waals surface area contributed by atoms with Crippen LogP contribution in [0.4, 0.5) is 11.4 Å². The zero-order valence-corrected chi connectivity index (χ0v) is 18.3. The van der Waals surface area contributed by atoms with Gasteiger partial charge < -0.3 is 10.1 Å². The number of amides is 1. The first-order chi connectivity index (χ1) is 13.9. The first-order valence-electron chi connectivity index (χ1n) is 9.10. The highest BCUT2D eigenvalue weighted by atomic mass is 32.2. The molecule has 0 bridgehead atoms. The van der Waals surface area contributed by atoms with E-state index in [1.165, 1.54) is 19.2 Å². The van der Waals surface area contributed by atoms with Crippen molar-refractivity contribution in [3.8, 4) is 5.75 Å². The topological polar surface area (TPSA) is 119 Å². The lowest BCUT2D eigenvalue weighted by Gasteiger charge is -2.24. The highest BCUT2D eigenvalue weighted by Crippen LogP contribution is 2.33. The minimum atomic E-state index is -3.93. The molecule has 0 heterocycles. The van der Waals surface area contributed by atoms with Gasteiger partial charge in [-0.1, -0.05) is 18.2 Å². The maximum Gasteiger partial charge on any atom is 0.271 e. The second-order valence-electron chi connectivity index (χ2n) is 7.02. The molecule has 2 aromatic carbocycles. The molecule has 1 atom stereocenters. The van der Waals surface area contributed by atoms with E-state index in [4.69, 9.17) is 4.74 Å². The zero-order chi connectivity index (χ0) is 22.6. The molecule has 0 aromatic heterocycles. The fraction of sp³-hybridized carbons (Fsp3) is 0.350. The number of aryl methyl sites for hydroxylation is 2. The summed E-state index contributed by atoms with van der Waals surface area (Å²) < 4.78 is 30.7. The summed E-state index contributed by atoms with van der Waals surface area (Å²) in [6, 6.07) is 9.00. The molecular formula is C20H25N3O6S. The van der Waals surface area contributed by atoms with Crippen molar-refractivity contribution in [2.75, 3.05) is 24.2 Å². The molecule has 0 aliphatic rings. The Morgan fingerprint density at radius 3 is 2.40 bits per heavy atom. The minimum Gasteiger partial charge on any atom is -0.495 e. The fourth-order valence-electron chi connectivity index (χ4n) is 2.90. The predicted molar refractivity (Wildman–Crippen MR) is 114 cm³/mol. The van der Waals surface area contributed by atoms with E-state index in [2.05, 4.69) is 5.32 Å². The molecule has 0 aliphatic heterocycles. The van der Waals surface area contributed by atoms with Crippen molar-refractivity contribution in [2.24, 2.45) is 0 Å². The summed E-state index contributed by atoms with van der Waals surface area (Å²) in [6.45, 7) is 5.19. The van der Waals surface area contributed by atoms with Crippen LogP contribution in [0.15, 0.2) is 36.4 Å². The number of nitrogens with one attached hydrogen (secondary N) is 1. The first kappa shape index (κ1) is 23.1. The molecule has 0 aliphatic carbocycles. The van der Waals surface area contributed by atoms with Crippen molar-refractivity contribution in [2.45, 2.75) is 26.8 Å². The summed E-state index contributed by atoms with van der Waals surface area (Å²) in [6.07, 6.45) is 0.922. The normalized spacial score (nSPS) is 12.2. The second kappa shape index (κ2) is 9.12. The zero-order valence-electron chi connectivity index (χ0n) is 17.5. The molecule has 0 saturated carbocycles. The van der Waals surface area contributed by atoms with E-state index in [-0.39, 0.29) is 23.2 Å². The Bertz CT molecular complexity index is 1070. The van der Waals surface area contributed by atoms with Crippen molar-refractivity contribution < 1.29 is 22.9 Å². The largest absolute Gasteiger partial charge is 0.495 e. The number of anilines is 1. The van der Waals surface area contributed by atoms with E-state index in [0.29, 0.717) is 0 Å². The van der Waals surface area contributed by atoms with Gasteiger partial charge in [-0.15, -0.1) is 0 Å². The van der Waals surface area contributed by atoms with Gasteiger partial charge in [0.15, 0.2) is 0 Å². The van der Waals surface area contributed by atoms with Gasteiger partial charge in [-0.05, 0) is 43.5 Å². The van der Waals surface area contributed by atoms with Gasteiger partial charge in [0.2, 0.25) is 15.9 Å². The van der Waals surface area contributed by atoms with Crippen molar-refractivity contribution in [3.63, 3.8) is 0 Å². The minimum absolute atomic E-state index is 0.0804. The number of hydrogen-bond donors (Lipinski definition) is 1. The van der Waals surface area contributed by atoms with Crippen LogP contribution in [0.2, 0.25) is 0 Å². The Kier molecular flexibility index (Phi) is 7.04. The third-order valence-corrected chi connectivity index (χ3v) is 5.86. The molecule has 9 nitrogen and oxygen atoms in total. The van der Waals surface area contributed by atoms with Gasteiger partial charge in [-0.2, -0.15) is 0 Å². The van der Waals surface area contributed by atoms with E-state index in [1.807, 2.05) is 32.0 Å². The van der Waals surface area contributed by atoms with Gasteiger partial charge >= 0.3 is 0 Å². The number of rotatable bonds is 8. The molecule has 0 saturated heterocycles. The number of carbonyl (C=O) groups excluding carboxylic acids is 1. The number of carbonyl (C=O) groups is 1. The Balaban J connectivity index is 2.31. The van der Waals surface area contributed by atoms with Gasteiger partial charge in [0.1, 0.15) is 18.0 Å². The molecule has 0 spiro atoms. The van der Waals surface area contributed by atoms with Gasteiger partial charge in [0.25, 0.3) is 5.69 Å². The van der Waals surface area contributed by atoms with Crippen LogP contribution in [0, 0.1) is 24.0 Å². The Morgan fingerprint density at radius 2 is 1.87 bits per heavy atom. The van der Waals surface area contributed by atoms with Gasteiger partial charge in [0.05, 0.1) is 24.3 Å². The lowest BCUT2D eigenvalue weighted by Crippen LogP contribution is -2.41. The Labute approximate surface area is 175 Å². The molecule has 0 radical (unpaired) electrons. The predicted octanol–water partition coefficient (Wildman–Crippen LogP) is 2.86. The molecule has 2 rings (SSSR count). The number of non-ortho nitro benzene ring substituents is 1. The molecule has 1 amide bonds. The molecule has 2 aromatic rings. The van der Waals surface area contributed by atoms with Crippen LogP contribution in [0.3, 0.4) is 0 Å². The quantitative estimate of drug-likeness (QED) is 0.503. The summed E-state index contributed by atoms with van der Waals surface area (Å²) in [5.74, 6) is -0.458. The number of methoxy groups -OCH3 is 1. The number of hydrogen-bond acceptors (Lipinski definition) is 6. The monoisotopic (exact) mass is 435 g/mol. The number of ether oxygens (including phenoxy) is 1. The van der Waals surface area contributed by atoms with Crippen LogP contribution in [0.1, 0.15) is 29.7 Å². The van der Waals surface area contributed by atoms with Crippen LogP contribution in [0.5, 0.6) is 5.75 Å². The van der Waals surface area contributed by atoms with Crippen molar-refractivity contribution in [1.82, 2.24) is 5.32 Å². The summed E-state index contributed by atoms with van der Waals surface area (Å²) in [5, 5.41) is 13.9. The molecule has 162 valence electrons. The van der Waals surface area contributed by atoms with E-state index < -0.39 is 27.4 Å². The van der Waals surface area contributed by atoms with Crippen molar-refractivity contribution in [1.29, 1.82) is 0 Å². The molecule has 10 heteroatoms. The average molecular weight is 436 g/mol. The van der Waals surface area contributed by atoms with Crippen LogP contribution in [0.25, 0.3) is 0 Å². The van der Waals surface area contributed by atoms with Crippen LogP contribution >= 0.6 is 0 Å². The van der Waals surface area contributed by atoms with E-state index >= 15 is 0 Å². The average Bonchev–Trinajstić information content (AvgIpc) is 2.66. The van der Waals surface area contributed by atoms with Crippen LogP contribution < -0.4 is 14.4 Å². The van der Waals surface area contributed by atoms with Crippen LogP contribution in [-0.2, 0) is 14.8 Å². The molecular weight excluding hydrogens is 410 g/mol. The Morgan fingerprint density at radius 1 is 1.20 bits per heavy atom. The molecule has 0 fully saturated rings. The lowest BCUT2D eigenvalue weighted by molar-refractivity contribution is -0.384. The maximum absolute atomic E-state index is 12.6. The van der Waals surface area contributed by atoms with Crippen LogP contribution in [-0.4, -0.2) is 39.2 Å². The number of nitrogens with zero attached hydrogens (tertiary/aromatic N) is 2. The molecule has 1 N–H and O–H groups in total. The Hall–Kier alpha value is -3.14. The van der Waals surface area contributed by atoms with Gasteiger partial charge in [-0.25, -0.2) is 8.42 Å². The number of benzene rings is 2. The fourth-order valence-corrected chi connectivity index (χ4v) is 3.75. The summed E-state index contributed by atoms with van der Waals surface area (Å²) >= 11 is 0. The maximum atomic E-state index is 12.6. The highest BCUT2D eigenvalue weighted by Gasteiger charge is 2.26. The number of sulfonamides is 1. The van der Waals surface area contributed by atoms with Crippen molar-refractivity contribution in [3.05, 3.63) is 63.2 Å². The highest BCUT2D eigenvalue weighted by molar-refractivity contribution is 7.92. The van der Waals surface area contributed by atoms with Crippen molar-refractivity contribution >= 4 is 27.3 Å². The third kappa shape index (κ3) is 5.47. The first-order valence-corrected chi connectivity index (χ1v) is 11.0. The molecule has 30 heavy (non-hydrogen) atoms. The van der Waals surface area contributed by atoms with Gasteiger partial charge in [0, 0.05) is 12.1 Å². The van der Waals surface area contributed by atoms with Gasteiger partial charge in [-0.3, -0.25) is 19.2 Å². The SMILES string of the molecule is COc1ccc([N+](=O)[O-])cc1N(CC(=O)N[C@H](C)c1ccc(C)c(C)c1)S(C)(=O)=O. The number of nitro benzene ring substituents is 1.